The van der Waals surface area contributed by atoms with Gasteiger partial charge in [0.25, 0.3) is 5.91 Å². The van der Waals surface area contributed by atoms with Gasteiger partial charge in [-0.05, 0) is 56.3 Å². The summed E-state index contributed by atoms with van der Waals surface area (Å²) in [5.41, 5.74) is 3.82. The summed E-state index contributed by atoms with van der Waals surface area (Å²) in [6.45, 7) is 3.80. The lowest BCUT2D eigenvalue weighted by Crippen LogP contribution is -2.11. The molecule has 0 saturated heterocycles. The lowest BCUT2D eigenvalue weighted by Gasteiger charge is -2.06. The summed E-state index contributed by atoms with van der Waals surface area (Å²) in [6, 6.07) is 16.7. The number of aromatic nitrogens is 2. The molecule has 0 radical (unpaired) electrons. The SMILES string of the molecule is Cc1nc(-c2ccc(NC(=O)c3ccc4cccnc4c3)cc2)oc1C. The standard InChI is InChI=1S/C21H17N3O2/c1-13-14(2)26-21(23-13)16-7-9-18(10-8-16)24-20(25)17-6-5-15-4-3-11-22-19(15)12-17/h3-12H,1-2H3,(H,24,25). The van der Waals surface area contributed by atoms with Gasteiger partial charge in [-0.3, -0.25) is 9.78 Å². The number of fused-ring (bicyclic) bond motifs is 1. The van der Waals surface area contributed by atoms with Crippen molar-refractivity contribution in [2.75, 3.05) is 5.32 Å². The summed E-state index contributed by atoms with van der Waals surface area (Å²) in [6.07, 6.45) is 1.72. The van der Waals surface area contributed by atoms with Gasteiger partial charge in [0.15, 0.2) is 0 Å². The maximum atomic E-state index is 12.5. The highest BCUT2D eigenvalue weighted by Crippen LogP contribution is 2.23. The first-order chi connectivity index (χ1) is 12.6. The number of pyridine rings is 1. The first-order valence-corrected chi connectivity index (χ1v) is 8.31. The molecule has 5 nitrogen and oxygen atoms in total. The average Bonchev–Trinajstić information content (AvgIpc) is 3.00. The Hall–Kier alpha value is -3.47. The first kappa shape index (κ1) is 16.0. The van der Waals surface area contributed by atoms with E-state index < -0.39 is 0 Å². The van der Waals surface area contributed by atoms with Gasteiger partial charge in [0.05, 0.1) is 11.2 Å². The maximum absolute atomic E-state index is 12.5. The molecule has 128 valence electrons. The van der Waals surface area contributed by atoms with Gasteiger partial charge in [-0.2, -0.15) is 0 Å². The molecule has 0 aliphatic rings. The van der Waals surface area contributed by atoms with Gasteiger partial charge >= 0.3 is 0 Å². The summed E-state index contributed by atoms with van der Waals surface area (Å²) < 4.78 is 5.63. The quantitative estimate of drug-likeness (QED) is 0.582. The van der Waals surface area contributed by atoms with E-state index in [-0.39, 0.29) is 5.91 Å². The van der Waals surface area contributed by atoms with Crippen LogP contribution in [0, 0.1) is 13.8 Å². The molecule has 0 aliphatic carbocycles. The molecule has 0 bridgehead atoms. The van der Waals surface area contributed by atoms with Crippen molar-refractivity contribution in [3.63, 3.8) is 0 Å². The number of rotatable bonds is 3. The highest BCUT2D eigenvalue weighted by molar-refractivity contribution is 6.06. The molecule has 5 heteroatoms. The third-order valence-electron chi connectivity index (χ3n) is 4.29. The predicted molar refractivity (Wildman–Crippen MR) is 101 cm³/mol. The highest BCUT2D eigenvalue weighted by atomic mass is 16.4. The van der Waals surface area contributed by atoms with E-state index >= 15 is 0 Å². The van der Waals surface area contributed by atoms with Crippen LogP contribution in [0.4, 0.5) is 5.69 Å². The molecule has 4 rings (SSSR count). The molecule has 2 heterocycles. The number of oxazole rings is 1. The number of carbonyl (C=O) groups excluding carboxylic acids is 1. The first-order valence-electron chi connectivity index (χ1n) is 8.31. The number of nitrogens with one attached hydrogen (secondary N) is 1. The Morgan fingerprint density at radius 1 is 1.04 bits per heavy atom. The van der Waals surface area contributed by atoms with Crippen molar-refractivity contribution in [2.45, 2.75) is 13.8 Å². The molecule has 26 heavy (non-hydrogen) atoms. The molecule has 4 aromatic rings. The van der Waals surface area contributed by atoms with Crippen LogP contribution in [-0.4, -0.2) is 15.9 Å². The Balaban J connectivity index is 1.53. The minimum absolute atomic E-state index is 0.173. The van der Waals surface area contributed by atoms with E-state index in [4.69, 9.17) is 4.42 Å². The van der Waals surface area contributed by atoms with Crippen LogP contribution in [0.2, 0.25) is 0 Å². The van der Waals surface area contributed by atoms with Gasteiger partial charge in [-0.25, -0.2) is 4.98 Å². The van der Waals surface area contributed by atoms with Gasteiger partial charge in [0, 0.05) is 28.4 Å². The molecule has 0 fully saturated rings. The Bertz CT molecular complexity index is 1080. The number of hydrogen-bond acceptors (Lipinski definition) is 4. The van der Waals surface area contributed by atoms with Gasteiger partial charge < -0.3 is 9.73 Å². The van der Waals surface area contributed by atoms with Gasteiger partial charge in [-0.15, -0.1) is 0 Å². The van der Waals surface area contributed by atoms with Crippen LogP contribution in [0.1, 0.15) is 21.8 Å². The van der Waals surface area contributed by atoms with Crippen LogP contribution in [0.25, 0.3) is 22.4 Å². The highest BCUT2D eigenvalue weighted by Gasteiger charge is 2.10. The van der Waals surface area contributed by atoms with Crippen LogP contribution >= 0.6 is 0 Å². The number of amides is 1. The van der Waals surface area contributed by atoms with Crippen molar-refractivity contribution in [2.24, 2.45) is 0 Å². The molecule has 0 spiro atoms. The lowest BCUT2D eigenvalue weighted by molar-refractivity contribution is 0.102. The Kier molecular flexibility index (Phi) is 3.97. The number of hydrogen-bond donors (Lipinski definition) is 1. The Labute approximate surface area is 150 Å². The van der Waals surface area contributed by atoms with Gasteiger partial charge in [-0.1, -0.05) is 12.1 Å². The monoisotopic (exact) mass is 343 g/mol. The fraction of sp³-hybridized carbons (Fsp3) is 0.0952. The molecule has 0 atom stereocenters. The van der Waals surface area contributed by atoms with Gasteiger partial charge in [0.1, 0.15) is 5.76 Å². The summed E-state index contributed by atoms with van der Waals surface area (Å²) in [5.74, 6) is 1.22. The molecule has 2 aromatic carbocycles. The Morgan fingerprint density at radius 2 is 1.85 bits per heavy atom. The summed E-state index contributed by atoms with van der Waals surface area (Å²) in [4.78, 5) is 21.2. The van der Waals surface area contributed by atoms with Crippen molar-refractivity contribution in [3.05, 3.63) is 77.8 Å². The van der Waals surface area contributed by atoms with Crippen LogP contribution < -0.4 is 5.32 Å². The van der Waals surface area contributed by atoms with Crippen molar-refractivity contribution in [1.82, 2.24) is 9.97 Å². The van der Waals surface area contributed by atoms with Gasteiger partial charge in [0.2, 0.25) is 5.89 Å². The normalized spacial score (nSPS) is 10.8. The number of anilines is 1. The Morgan fingerprint density at radius 3 is 2.58 bits per heavy atom. The van der Waals surface area contributed by atoms with E-state index in [0.717, 1.165) is 27.9 Å². The van der Waals surface area contributed by atoms with Crippen molar-refractivity contribution in [1.29, 1.82) is 0 Å². The summed E-state index contributed by atoms with van der Waals surface area (Å²) in [7, 11) is 0. The minimum Gasteiger partial charge on any atom is -0.441 e. The van der Waals surface area contributed by atoms with Crippen molar-refractivity contribution >= 4 is 22.5 Å². The smallest absolute Gasteiger partial charge is 0.255 e. The molecular weight excluding hydrogens is 326 g/mol. The number of aryl methyl sites for hydroxylation is 2. The van der Waals surface area contributed by atoms with Crippen molar-refractivity contribution < 1.29 is 9.21 Å². The summed E-state index contributed by atoms with van der Waals surface area (Å²) >= 11 is 0. The van der Waals surface area contributed by atoms with E-state index in [1.54, 1.807) is 18.3 Å². The molecule has 0 aliphatic heterocycles. The molecular formula is C21H17N3O2. The zero-order chi connectivity index (χ0) is 18.1. The molecule has 0 unspecified atom stereocenters. The molecule has 0 saturated carbocycles. The maximum Gasteiger partial charge on any atom is 0.255 e. The number of carbonyl (C=O) groups is 1. The average molecular weight is 343 g/mol. The molecule has 1 amide bonds. The van der Waals surface area contributed by atoms with E-state index in [9.17, 15) is 4.79 Å². The fourth-order valence-corrected chi connectivity index (χ4v) is 2.70. The zero-order valence-corrected chi connectivity index (χ0v) is 14.5. The van der Waals surface area contributed by atoms with Crippen LogP contribution in [0.3, 0.4) is 0 Å². The van der Waals surface area contributed by atoms with Crippen LogP contribution in [0.15, 0.2) is 65.2 Å². The van der Waals surface area contributed by atoms with Crippen LogP contribution in [-0.2, 0) is 0 Å². The van der Waals surface area contributed by atoms with E-state index in [1.165, 1.54) is 0 Å². The second kappa shape index (κ2) is 6.44. The largest absolute Gasteiger partial charge is 0.441 e. The zero-order valence-electron chi connectivity index (χ0n) is 14.5. The third kappa shape index (κ3) is 3.07. The van der Waals surface area contributed by atoms with E-state index in [0.29, 0.717) is 17.1 Å². The summed E-state index contributed by atoms with van der Waals surface area (Å²) in [5, 5.41) is 3.91. The van der Waals surface area contributed by atoms with Crippen molar-refractivity contribution in [3.8, 4) is 11.5 Å². The van der Waals surface area contributed by atoms with Crippen LogP contribution in [0.5, 0.6) is 0 Å². The second-order valence-corrected chi connectivity index (χ2v) is 6.10. The second-order valence-electron chi connectivity index (χ2n) is 6.10. The fourth-order valence-electron chi connectivity index (χ4n) is 2.70. The topological polar surface area (TPSA) is 68.0 Å². The van der Waals surface area contributed by atoms with E-state index in [2.05, 4.69) is 15.3 Å². The molecule has 1 N–H and O–H groups in total. The minimum atomic E-state index is -0.173. The molecule has 2 aromatic heterocycles. The third-order valence-corrected chi connectivity index (χ3v) is 4.29. The number of benzene rings is 2. The number of nitrogens with zero attached hydrogens (tertiary/aromatic N) is 2. The lowest BCUT2D eigenvalue weighted by atomic mass is 10.1. The van der Waals surface area contributed by atoms with E-state index in [1.807, 2.05) is 56.3 Å². The predicted octanol–water partition coefficient (Wildman–Crippen LogP) is 4.76.